The summed E-state index contributed by atoms with van der Waals surface area (Å²) in [4.78, 5) is 14.7. The lowest BCUT2D eigenvalue weighted by Gasteiger charge is -2.28. The Morgan fingerprint density at radius 2 is 1.72 bits per heavy atom. The first kappa shape index (κ1) is 13.9. The minimum Gasteiger partial charge on any atom is -0.342 e. The lowest BCUT2D eigenvalue weighted by Crippen LogP contribution is -2.39. The lowest BCUT2D eigenvalue weighted by atomic mass is 10.0. The van der Waals surface area contributed by atoms with Gasteiger partial charge in [0.15, 0.2) is 0 Å². The van der Waals surface area contributed by atoms with Gasteiger partial charge in [0, 0.05) is 19.0 Å². The quantitative estimate of drug-likeness (QED) is 0.817. The van der Waals surface area contributed by atoms with Gasteiger partial charge in [0.05, 0.1) is 0 Å². The van der Waals surface area contributed by atoms with Crippen LogP contribution >= 0.6 is 0 Å². The molecule has 1 heterocycles. The van der Waals surface area contributed by atoms with E-state index in [1.54, 1.807) is 0 Å². The monoisotopic (exact) mass is 252 g/mol. The standard InChI is InChI=1S/C15H28N2O/c1-14(2)12(15(14,3)4)13(18)17(5)11-7-6-9-16-10-8-11/h11-12,16H,6-10H2,1-5H3. The summed E-state index contributed by atoms with van der Waals surface area (Å²) >= 11 is 0. The van der Waals surface area contributed by atoms with Crippen molar-refractivity contribution in [2.75, 3.05) is 20.1 Å². The van der Waals surface area contributed by atoms with Gasteiger partial charge in [-0.1, -0.05) is 27.7 Å². The molecule has 1 unspecified atom stereocenters. The number of nitrogens with one attached hydrogen (secondary N) is 1. The molecule has 2 fully saturated rings. The molecule has 0 aromatic carbocycles. The Labute approximate surface area is 111 Å². The zero-order chi connectivity index (χ0) is 13.6. The fourth-order valence-corrected chi connectivity index (χ4v) is 3.59. The van der Waals surface area contributed by atoms with Crippen LogP contribution in [0.4, 0.5) is 0 Å². The van der Waals surface area contributed by atoms with Crippen LogP contribution in [0.25, 0.3) is 0 Å². The molecule has 1 amide bonds. The largest absolute Gasteiger partial charge is 0.342 e. The Balaban J connectivity index is 2.01. The molecule has 2 aliphatic rings. The minimum atomic E-state index is 0.154. The Hall–Kier alpha value is -0.570. The Bertz CT molecular complexity index is 313. The van der Waals surface area contributed by atoms with E-state index in [2.05, 4.69) is 33.0 Å². The number of hydrogen-bond donors (Lipinski definition) is 1. The molecule has 0 spiro atoms. The lowest BCUT2D eigenvalue weighted by molar-refractivity contribution is -0.134. The van der Waals surface area contributed by atoms with Crippen LogP contribution in [-0.2, 0) is 4.79 Å². The Morgan fingerprint density at radius 1 is 1.11 bits per heavy atom. The van der Waals surface area contributed by atoms with Crippen molar-refractivity contribution in [2.24, 2.45) is 16.7 Å². The highest BCUT2D eigenvalue weighted by Gasteiger charge is 2.68. The maximum Gasteiger partial charge on any atom is 0.226 e. The van der Waals surface area contributed by atoms with Crippen molar-refractivity contribution in [3.63, 3.8) is 0 Å². The number of nitrogens with zero attached hydrogens (tertiary/aromatic N) is 1. The fraction of sp³-hybridized carbons (Fsp3) is 0.933. The molecule has 3 heteroatoms. The van der Waals surface area contributed by atoms with E-state index >= 15 is 0 Å². The number of carbonyl (C=O) groups is 1. The van der Waals surface area contributed by atoms with Gasteiger partial charge in [-0.05, 0) is 43.2 Å². The highest BCUT2D eigenvalue weighted by Crippen LogP contribution is 2.68. The molecule has 0 aromatic heterocycles. The third-order valence-electron chi connectivity index (χ3n) is 5.71. The molecule has 2 rings (SSSR count). The van der Waals surface area contributed by atoms with Gasteiger partial charge in [-0.3, -0.25) is 4.79 Å². The second-order valence-electron chi connectivity index (χ2n) is 7.16. The molecule has 1 atom stereocenters. The molecule has 0 radical (unpaired) electrons. The normalized spacial score (nSPS) is 30.6. The summed E-state index contributed by atoms with van der Waals surface area (Å²) in [5, 5.41) is 3.41. The van der Waals surface area contributed by atoms with Crippen LogP contribution in [0.2, 0.25) is 0 Å². The first-order valence-electron chi connectivity index (χ1n) is 7.27. The smallest absolute Gasteiger partial charge is 0.226 e. The van der Waals surface area contributed by atoms with E-state index in [-0.39, 0.29) is 16.7 Å². The second-order valence-corrected chi connectivity index (χ2v) is 7.16. The van der Waals surface area contributed by atoms with E-state index in [0.717, 1.165) is 25.9 Å². The molecule has 1 N–H and O–H groups in total. The molecule has 1 aliphatic carbocycles. The number of rotatable bonds is 2. The molecule has 1 saturated heterocycles. The third kappa shape index (κ3) is 2.07. The fourth-order valence-electron chi connectivity index (χ4n) is 3.59. The second kappa shape index (κ2) is 4.52. The van der Waals surface area contributed by atoms with E-state index < -0.39 is 0 Å². The SMILES string of the molecule is CN(C(=O)C1C(C)(C)C1(C)C)C1CCCNCC1. The van der Waals surface area contributed by atoms with Crippen LogP contribution in [0.15, 0.2) is 0 Å². The van der Waals surface area contributed by atoms with Crippen molar-refractivity contribution in [3.05, 3.63) is 0 Å². The maximum atomic E-state index is 12.7. The van der Waals surface area contributed by atoms with Crippen LogP contribution in [0.3, 0.4) is 0 Å². The van der Waals surface area contributed by atoms with Gasteiger partial charge in [-0.25, -0.2) is 0 Å². The Morgan fingerprint density at radius 3 is 2.28 bits per heavy atom. The van der Waals surface area contributed by atoms with Crippen LogP contribution in [0.1, 0.15) is 47.0 Å². The van der Waals surface area contributed by atoms with Crippen molar-refractivity contribution < 1.29 is 4.79 Å². The van der Waals surface area contributed by atoms with E-state index in [4.69, 9.17) is 0 Å². The predicted octanol–water partition coefficient (Wildman–Crippen LogP) is 2.27. The van der Waals surface area contributed by atoms with Gasteiger partial charge in [-0.15, -0.1) is 0 Å². The van der Waals surface area contributed by atoms with Crippen LogP contribution in [0, 0.1) is 16.7 Å². The molecule has 3 nitrogen and oxygen atoms in total. The maximum absolute atomic E-state index is 12.7. The highest BCUT2D eigenvalue weighted by molar-refractivity contribution is 5.84. The number of carbonyl (C=O) groups excluding carboxylic acids is 1. The third-order valence-corrected chi connectivity index (χ3v) is 5.71. The molecule has 0 aromatic rings. The summed E-state index contributed by atoms with van der Waals surface area (Å²) in [6, 6.07) is 0.430. The molecule has 0 bridgehead atoms. The van der Waals surface area contributed by atoms with Crippen molar-refractivity contribution >= 4 is 5.91 Å². The molecular weight excluding hydrogens is 224 g/mol. The number of amides is 1. The Kier molecular flexibility index (Phi) is 3.48. The van der Waals surface area contributed by atoms with Crippen LogP contribution in [-0.4, -0.2) is 37.0 Å². The van der Waals surface area contributed by atoms with Crippen LogP contribution in [0.5, 0.6) is 0 Å². The predicted molar refractivity (Wildman–Crippen MR) is 74.3 cm³/mol. The average Bonchev–Trinajstić information content (AvgIpc) is 2.84. The summed E-state index contributed by atoms with van der Waals surface area (Å²) in [7, 11) is 2.00. The van der Waals surface area contributed by atoms with Gasteiger partial charge >= 0.3 is 0 Å². The van der Waals surface area contributed by atoms with Gasteiger partial charge in [-0.2, -0.15) is 0 Å². The van der Waals surface area contributed by atoms with Gasteiger partial charge in [0.25, 0.3) is 0 Å². The van der Waals surface area contributed by atoms with Crippen LogP contribution < -0.4 is 5.32 Å². The summed E-state index contributed by atoms with van der Waals surface area (Å²) in [5.74, 6) is 0.558. The minimum absolute atomic E-state index is 0.154. The van der Waals surface area contributed by atoms with Crippen molar-refractivity contribution in [2.45, 2.75) is 53.0 Å². The molecule has 18 heavy (non-hydrogen) atoms. The van der Waals surface area contributed by atoms with E-state index in [1.807, 2.05) is 11.9 Å². The molecule has 104 valence electrons. The number of hydrogen-bond acceptors (Lipinski definition) is 2. The van der Waals surface area contributed by atoms with Gasteiger partial charge < -0.3 is 10.2 Å². The van der Waals surface area contributed by atoms with Gasteiger partial charge in [0.2, 0.25) is 5.91 Å². The van der Waals surface area contributed by atoms with E-state index in [0.29, 0.717) is 11.9 Å². The summed E-state index contributed by atoms with van der Waals surface area (Å²) in [5.41, 5.74) is 0.308. The molecule has 1 aliphatic heterocycles. The van der Waals surface area contributed by atoms with Crippen molar-refractivity contribution in [1.29, 1.82) is 0 Å². The van der Waals surface area contributed by atoms with Crippen molar-refractivity contribution in [1.82, 2.24) is 10.2 Å². The summed E-state index contributed by atoms with van der Waals surface area (Å²) < 4.78 is 0. The highest BCUT2D eigenvalue weighted by atomic mass is 16.2. The summed E-state index contributed by atoms with van der Waals surface area (Å²) in [6.45, 7) is 11.0. The van der Waals surface area contributed by atoms with Gasteiger partial charge in [0.1, 0.15) is 0 Å². The summed E-state index contributed by atoms with van der Waals surface area (Å²) in [6.07, 6.45) is 3.42. The van der Waals surface area contributed by atoms with E-state index in [1.165, 1.54) is 6.42 Å². The van der Waals surface area contributed by atoms with E-state index in [9.17, 15) is 4.79 Å². The molecule has 1 saturated carbocycles. The van der Waals surface area contributed by atoms with Crippen molar-refractivity contribution in [3.8, 4) is 0 Å². The molecular formula is C15H28N2O. The zero-order valence-electron chi connectivity index (χ0n) is 12.5. The average molecular weight is 252 g/mol. The zero-order valence-corrected chi connectivity index (χ0v) is 12.5. The first-order chi connectivity index (χ1) is 8.30. The first-order valence-corrected chi connectivity index (χ1v) is 7.27. The topological polar surface area (TPSA) is 32.3 Å².